The number of likely N-dealkylation sites (N-methyl/N-ethyl adjacent to an activating group) is 1. The molecule has 0 bridgehead atoms. The molecular weight excluding hydrogens is 316 g/mol. The molecule has 0 aliphatic heterocycles. The molecule has 1 aromatic carbocycles. The molecule has 0 radical (unpaired) electrons. The zero-order valence-corrected chi connectivity index (χ0v) is 14.1. The van der Waals surface area contributed by atoms with Crippen molar-refractivity contribution < 1.29 is 14.3 Å². The van der Waals surface area contributed by atoms with Gasteiger partial charge in [-0.15, -0.1) is 11.6 Å². The van der Waals surface area contributed by atoms with Crippen molar-refractivity contribution in [2.24, 2.45) is 0 Å². The summed E-state index contributed by atoms with van der Waals surface area (Å²) in [4.78, 5) is 25.5. The van der Waals surface area contributed by atoms with Crippen molar-refractivity contribution in [3.8, 4) is 0 Å². The Morgan fingerprint density at radius 3 is 2.65 bits per heavy atom. The summed E-state index contributed by atoms with van der Waals surface area (Å²) in [7, 11) is 1.74. The third-order valence-corrected chi connectivity index (χ3v) is 4.48. The number of hydrogen-bond donors (Lipinski definition) is 1. The van der Waals surface area contributed by atoms with Gasteiger partial charge in [0, 0.05) is 7.05 Å². The average Bonchev–Trinajstić information content (AvgIpc) is 2.60. The summed E-state index contributed by atoms with van der Waals surface area (Å²) in [5.41, 5.74) is 0.942. The molecule has 0 spiro atoms. The van der Waals surface area contributed by atoms with Crippen molar-refractivity contribution in [3.05, 3.63) is 35.9 Å². The molecule has 1 saturated carbocycles. The summed E-state index contributed by atoms with van der Waals surface area (Å²) < 4.78 is 5.27. The highest BCUT2D eigenvalue weighted by atomic mass is 35.5. The van der Waals surface area contributed by atoms with Gasteiger partial charge in [0.05, 0.1) is 12.1 Å². The minimum Gasteiger partial charge on any atom is -0.445 e. The molecule has 0 unspecified atom stereocenters. The number of alkyl carbamates (subject to hydrolysis) is 1. The molecule has 5 nitrogen and oxygen atoms in total. The van der Waals surface area contributed by atoms with Crippen LogP contribution in [0.5, 0.6) is 0 Å². The second-order valence-corrected chi connectivity index (χ2v) is 6.07. The molecule has 1 fully saturated rings. The van der Waals surface area contributed by atoms with Crippen molar-refractivity contribution in [1.29, 1.82) is 0 Å². The molecule has 1 aliphatic carbocycles. The SMILES string of the molecule is CN(C(=O)CCl)[C@@H]1CCCC[C@H]1NC(=O)OCc1ccccc1. The first-order valence-electron chi connectivity index (χ1n) is 7.90. The van der Waals surface area contributed by atoms with E-state index in [0.29, 0.717) is 0 Å². The van der Waals surface area contributed by atoms with Gasteiger partial charge in [-0.3, -0.25) is 4.79 Å². The summed E-state index contributed by atoms with van der Waals surface area (Å²) in [5, 5.41) is 2.90. The first kappa shape index (κ1) is 17.6. The number of nitrogens with zero attached hydrogens (tertiary/aromatic N) is 1. The Bertz CT molecular complexity index is 524. The number of halogens is 1. The van der Waals surface area contributed by atoms with E-state index >= 15 is 0 Å². The first-order valence-corrected chi connectivity index (χ1v) is 8.44. The Hall–Kier alpha value is -1.75. The zero-order valence-electron chi connectivity index (χ0n) is 13.3. The first-order chi connectivity index (χ1) is 11.1. The molecule has 1 aliphatic rings. The maximum Gasteiger partial charge on any atom is 0.407 e. The molecule has 2 atom stereocenters. The smallest absolute Gasteiger partial charge is 0.407 e. The van der Waals surface area contributed by atoms with Crippen LogP contribution in [-0.4, -0.2) is 41.9 Å². The molecule has 2 amide bonds. The van der Waals surface area contributed by atoms with Crippen LogP contribution in [0.25, 0.3) is 0 Å². The van der Waals surface area contributed by atoms with E-state index in [0.717, 1.165) is 31.2 Å². The van der Waals surface area contributed by atoms with E-state index in [1.807, 2.05) is 30.3 Å². The van der Waals surface area contributed by atoms with Crippen LogP contribution in [0.4, 0.5) is 4.79 Å². The van der Waals surface area contributed by atoms with Crippen LogP contribution in [0.1, 0.15) is 31.2 Å². The minimum atomic E-state index is -0.447. The van der Waals surface area contributed by atoms with E-state index in [9.17, 15) is 9.59 Å². The largest absolute Gasteiger partial charge is 0.445 e. The lowest BCUT2D eigenvalue weighted by molar-refractivity contribution is -0.130. The van der Waals surface area contributed by atoms with E-state index in [4.69, 9.17) is 16.3 Å². The van der Waals surface area contributed by atoms with Gasteiger partial charge in [0.1, 0.15) is 12.5 Å². The number of hydrogen-bond acceptors (Lipinski definition) is 3. The Morgan fingerprint density at radius 1 is 1.26 bits per heavy atom. The highest BCUT2D eigenvalue weighted by molar-refractivity contribution is 6.27. The van der Waals surface area contributed by atoms with Gasteiger partial charge in [0.25, 0.3) is 0 Å². The van der Waals surface area contributed by atoms with Crippen LogP contribution in [0.2, 0.25) is 0 Å². The highest BCUT2D eigenvalue weighted by Gasteiger charge is 2.31. The number of rotatable bonds is 5. The van der Waals surface area contributed by atoms with Crippen molar-refractivity contribution >= 4 is 23.6 Å². The molecule has 2 rings (SSSR count). The number of nitrogens with one attached hydrogen (secondary N) is 1. The number of carbonyl (C=O) groups excluding carboxylic acids is 2. The fourth-order valence-corrected chi connectivity index (χ4v) is 3.13. The summed E-state index contributed by atoms with van der Waals surface area (Å²) in [6, 6.07) is 9.41. The maximum absolute atomic E-state index is 12.0. The number of alkyl halides is 1. The molecular formula is C17H23ClN2O3. The van der Waals surface area contributed by atoms with Crippen LogP contribution in [0, 0.1) is 0 Å². The Labute approximate surface area is 141 Å². The van der Waals surface area contributed by atoms with Gasteiger partial charge in [-0.25, -0.2) is 4.79 Å². The van der Waals surface area contributed by atoms with Crippen molar-refractivity contribution in [2.75, 3.05) is 12.9 Å². The lowest BCUT2D eigenvalue weighted by Gasteiger charge is -2.37. The van der Waals surface area contributed by atoms with Crippen LogP contribution in [-0.2, 0) is 16.1 Å². The van der Waals surface area contributed by atoms with Gasteiger partial charge in [0.2, 0.25) is 5.91 Å². The Balaban J connectivity index is 1.88. The second kappa shape index (κ2) is 8.77. The predicted octanol–water partition coefficient (Wildman–Crippen LogP) is 2.92. The topological polar surface area (TPSA) is 58.6 Å². The van der Waals surface area contributed by atoms with E-state index in [1.165, 1.54) is 0 Å². The second-order valence-electron chi connectivity index (χ2n) is 5.80. The van der Waals surface area contributed by atoms with Gasteiger partial charge < -0.3 is 15.0 Å². The average molecular weight is 339 g/mol. The standard InChI is InChI=1S/C17H23ClN2O3/c1-20(16(21)11-18)15-10-6-5-9-14(15)19-17(22)23-12-13-7-3-2-4-8-13/h2-4,7-8,14-15H,5-6,9-12H2,1H3,(H,19,22)/t14-,15-/m1/s1. The quantitative estimate of drug-likeness (QED) is 0.840. The van der Waals surface area contributed by atoms with Gasteiger partial charge in [-0.05, 0) is 18.4 Å². The van der Waals surface area contributed by atoms with Crippen LogP contribution in [0.15, 0.2) is 30.3 Å². The van der Waals surface area contributed by atoms with E-state index in [2.05, 4.69) is 5.32 Å². The number of benzene rings is 1. The monoisotopic (exact) mass is 338 g/mol. The van der Waals surface area contributed by atoms with Crippen molar-refractivity contribution in [1.82, 2.24) is 10.2 Å². The van der Waals surface area contributed by atoms with Gasteiger partial charge >= 0.3 is 6.09 Å². The molecule has 1 N–H and O–H groups in total. The molecule has 0 saturated heterocycles. The van der Waals surface area contributed by atoms with Gasteiger partial charge in [0.15, 0.2) is 0 Å². The maximum atomic E-state index is 12.0. The fourth-order valence-electron chi connectivity index (χ4n) is 2.94. The number of amides is 2. The summed E-state index contributed by atoms with van der Waals surface area (Å²) in [5.74, 6) is -0.166. The Kier molecular flexibility index (Phi) is 6.71. The number of carbonyl (C=O) groups is 2. The molecule has 1 aromatic rings. The molecule has 23 heavy (non-hydrogen) atoms. The molecule has 0 aromatic heterocycles. The minimum absolute atomic E-state index is 0.0284. The Morgan fingerprint density at radius 2 is 1.96 bits per heavy atom. The lowest BCUT2D eigenvalue weighted by atomic mass is 9.89. The lowest BCUT2D eigenvalue weighted by Crippen LogP contribution is -2.54. The van der Waals surface area contributed by atoms with Crippen LogP contribution < -0.4 is 5.32 Å². The molecule has 6 heteroatoms. The van der Waals surface area contributed by atoms with Crippen molar-refractivity contribution in [3.63, 3.8) is 0 Å². The fraction of sp³-hybridized carbons (Fsp3) is 0.529. The third kappa shape index (κ3) is 5.13. The van der Waals surface area contributed by atoms with Crippen LogP contribution >= 0.6 is 11.6 Å². The normalized spacial score (nSPS) is 20.6. The summed E-state index contributed by atoms with van der Waals surface area (Å²) >= 11 is 5.63. The highest BCUT2D eigenvalue weighted by Crippen LogP contribution is 2.23. The van der Waals surface area contributed by atoms with Crippen LogP contribution in [0.3, 0.4) is 0 Å². The van der Waals surface area contributed by atoms with Gasteiger partial charge in [-0.2, -0.15) is 0 Å². The third-order valence-electron chi connectivity index (χ3n) is 4.25. The summed E-state index contributed by atoms with van der Waals surface area (Å²) in [6.45, 7) is 0.237. The van der Waals surface area contributed by atoms with Gasteiger partial charge in [-0.1, -0.05) is 43.2 Å². The van der Waals surface area contributed by atoms with E-state index in [-0.39, 0.29) is 30.5 Å². The van der Waals surface area contributed by atoms with Crippen molar-refractivity contribution in [2.45, 2.75) is 44.4 Å². The van der Waals surface area contributed by atoms with E-state index in [1.54, 1.807) is 11.9 Å². The molecule has 0 heterocycles. The summed E-state index contributed by atoms with van der Waals surface area (Å²) in [6.07, 6.45) is 3.33. The van der Waals surface area contributed by atoms with E-state index < -0.39 is 6.09 Å². The number of ether oxygens (including phenoxy) is 1. The predicted molar refractivity (Wildman–Crippen MR) is 89.3 cm³/mol. The zero-order chi connectivity index (χ0) is 16.7. The molecule has 126 valence electrons.